The molecule has 17 heavy (non-hydrogen) atoms. The standard InChI is InChI=1S/C14H17NO2/c1-4-5-6-9-15-14(16)12-10-11(2)7-8-13(12)17-3/h7-8,10H,6,9H2,1-3H3,(H,15,16). The maximum absolute atomic E-state index is 11.9. The van der Waals surface area contributed by atoms with E-state index in [0.717, 1.165) is 5.56 Å². The van der Waals surface area contributed by atoms with Crippen LogP contribution in [0.4, 0.5) is 0 Å². The number of methoxy groups -OCH3 is 1. The van der Waals surface area contributed by atoms with Crippen molar-refractivity contribution < 1.29 is 9.53 Å². The van der Waals surface area contributed by atoms with Crippen LogP contribution < -0.4 is 10.1 Å². The van der Waals surface area contributed by atoms with Gasteiger partial charge in [0.05, 0.1) is 12.7 Å². The molecule has 0 heterocycles. The van der Waals surface area contributed by atoms with Gasteiger partial charge in [-0.15, -0.1) is 11.8 Å². The van der Waals surface area contributed by atoms with Crippen molar-refractivity contribution in [3.8, 4) is 17.6 Å². The van der Waals surface area contributed by atoms with E-state index in [1.54, 1.807) is 20.1 Å². The maximum atomic E-state index is 11.9. The highest BCUT2D eigenvalue weighted by atomic mass is 16.5. The van der Waals surface area contributed by atoms with Crippen LogP contribution in [0.3, 0.4) is 0 Å². The Balaban J connectivity index is 2.72. The van der Waals surface area contributed by atoms with Crippen molar-refractivity contribution in [2.75, 3.05) is 13.7 Å². The number of hydrogen-bond donors (Lipinski definition) is 1. The van der Waals surface area contributed by atoms with Crippen LogP contribution >= 0.6 is 0 Å². The van der Waals surface area contributed by atoms with Crippen molar-refractivity contribution in [1.29, 1.82) is 0 Å². The summed E-state index contributed by atoms with van der Waals surface area (Å²) in [5.41, 5.74) is 1.60. The van der Waals surface area contributed by atoms with Crippen molar-refractivity contribution in [1.82, 2.24) is 5.32 Å². The minimum absolute atomic E-state index is 0.122. The first-order valence-corrected chi connectivity index (χ1v) is 5.51. The lowest BCUT2D eigenvalue weighted by atomic mass is 10.1. The van der Waals surface area contributed by atoms with Gasteiger partial charge < -0.3 is 10.1 Å². The molecule has 0 fully saturated rings. The number of aryl methyl sites for hydroxylation is 1. The fourth-order valence-corrected chi connectivity index (χ4v) is 1.46. The Bertz CT molecular complexity index is 455. The normalized spacial score (nSPS) is 9.12. The van der Waals surface area contributed by atoms with Gasteiger partial charge in [0.2, 0.25) is 0 Å². The highest BCUT2D eigenvalue weighted by Crippen LogP contribution is 2.19. The molecule has 90 valence electrons. The molecule has 0 saturated carbocycles. The Morgan fingerprint density at radius 2 is 2.24 bits per heavy atom. The van der Waals surface area contributed by atoms with Crippen LogP contribution in [0.1, 0.15) is 29.3 Å². The van der Waals surface area contributed by atoms with Crippen LogP contribution in [-0.2, 0) is 0 Å². The van der Waals surface area contributed by atoms with E-state index >= 15 is 0 Å². The molecule has 0 unspecified atom stereocenters. The van der Waals surface area contributed by atoms with E-state index in [0.29, 0.717) is 24.3 Å². The number of rotatable bonds is 4. The second-order valence-electron chi connectivity index (χ2n) is 3.64. The molecule has 3 nitrogen and oxygen atoms in total. The molecule has 1 N–H and O–H groups in total. The summed E-state index contributed by atoms with van der Waals surface area (Å²) < 4.78 is 5.16. The number of hydrogen-bond acceptors (Lipinski definition) is 2. The summed E-state index contributed by atoms with van der Waals surface area (Å²) in [7, 11) is 1.56. The molecule has 0 bridgehead atoms. The molecule has 0 saturated heterocycles. The fourth-order valence-electron chi connectivity index (χ4n) is 1.46. The lowest BCUT2D eigenvalue weighted by Crippen LogP contribution is -2.24. The second kappa shape index (κ2) is 6.59. The van der Waals surface area contributed by atoms with E-state index in [1.807, 2.05) is 19.1 Å². The Labute approximate surface area is 102 Å². The van der Waals surface area contributed by atoms with Gasteiger partial charge in [-0.2, -0.15) is 0 Å². The molecule has 0 radical (unpaired) electrons. The fraction of sp³-hybridized carbons (Fsp3) is 0.357. The van der Waals surface area contributed by atoms with Crippen LogP contribution in [-0.4, -0.2) is 19.6 Å². The van der Waals surface area contributed by atoms with E-state index in [1.165, 1.54) is 0 Å². The van der Waals surface area contributed by atoms with Gasteiger partial charge in [0, 0.05) is 13.0 Å². The molecule has 3 heteroatoms. The zero-order valence-corrected chi connectivity index (χ0v) is 10.5. The maximum Gasteiger partial charge on any atom is 0.255 e. The predicted molar refractivity (Wildman–Crippen MR) is 68.1 cm³/mol. The van der Waals surface area contributed by atoms with Gasteiger partial charge in [-0.05, 0) is 26.0 Å². The molecule has 1 amide bonds. The summed E-state index contributed by atoms with van der Waals surface area (Å²) in [6.45, 7) is 4.28. The zero-order chi connectivity index (χ0) is 12.7. The minimum atomic E-state index is -0.122. The van der Waals surface area contributed by atoms with Crippen LogP contribution in [0, 0.1) is 18.8 Å². The SMILES string of the molecule is CC#CCCNC(=O)c1cc(C)ccc1OC. The minimum Gasteiger partial charge on any atom is -0.496 e. The van der Waals surface area contributed by atoms with Gasteiger partial charge in [-0.25, -0.2) is 0 Å². The van der Waals surface area contributed by atoms with Gasteiger partial charge >= 0.3 is 0 Å². The van der Waals surface area contributed by atoms with Gasteiger partial charge in [0.25, 0.3) is 5.91 Å². The topological polar surface area (TPSA) is 38.3 Å². The Morgan fingerprint density at radius 1 is 1.47 bits per heavy atom. The second-order valence-corrected chi connectivity index (χ2v) is 3.64. The molecule has 0 spiro atoms. The number of nitrogens with one attached hydrogen (secondary N) is 1. The van der Waals surface area contributed by atoms with Crippen LogP contribution in [0.2, 0.25) is 0 Å². The van der Waals surface area contributed by atoms with Crippen LogP contribution in [0.15, 0.2) is 18.2 Å². The summed E-state index contributed by atoms with van der Waals surface area (Å²) >= 11 is 0. The third kappa shape index (κ3) is 3.84. The Kier molecular flexibility index (Phi) is 5.09. The molecular formula is C14H17NO2. The molecule has 0 atom stereocenters. The molecule has 0 aliphatic heterocycles. The largest absolute Gasteiger partial charge is 0.496 e. The number of carbonyl (C=O) groups excluding carboxylic acids is 1. The van der Waals surface area contributed by atoms with Crippen molar-refractivity contribution in [3.05, 3.63) is 29.3 Å². The van der Waals surface area contributed by atoms with E-state index in [9.17, 15) is 4.79 Å². The molecular weight excluding hydrogens is 214 g/mol. The summed E-state index contributed by atoms with van der Waals surface area (Å²) in [6.07, 6.45) is 0.663. The first-order chi connectivity index (χ1) is 8.19. The number of carbonyl (C=O) groups is 1. The molecule has 1 aromatic rings. The summed E-state index contributed by atoms with van der Waals surface area (Å²) in [5, 5.41) is 2.81. The monoisotopic (exact) mass is 231 g/mol. The summed E-state index contributed by atoms with van der Waals surface area (Å²) in [5.74, 6) is 6.16. The zero-order valence-electron chi connectivity index (χ0n) is 10.5. The average molecular weight is 231 g/mol. The van der Waals surface area contributed by atoms with Crippen LogP contribution in [0.5, 0.6) is 5.75 Å². The Morgan fingerprint density at radius 3 is 2.88 bits per heavy atom. The van der Waals surface area contributed by atoms with Crippen molar-refractivity contribution >= 4 is 5.91 Å². The predicted octanol–water partition coefficient (Wildman–Crippen LogP) is 2.15. The van der Waals surface area contributed by atoms with Gasteiger partial charge in [-0.1, -0.05) is 11.6 Å². The molecule has 1 aromatic carbocycles. The number of benzene rings is 1. The van der Waals surface area contributed by atoms with Crippen molar-refractivity contribution in [2.24, 2.45) is 0 Å². The third-order valence-electron chi connectivity index (χ3n) is 2.31. The van der Waals surface area contributed by atoms with Gasteiger partial charge in [-0.3, -0.25) is 4.79 Å². The molecule has 0 aliphatic rings. The van der Waals surface area contributed by atoms with E-state index < -0.39 is 0 Å². The number of amides is 1. The summed E-state index contributed by atoms with van der Waals surface area (Å²) in [4.78, 5) is 11.9. The van der Waals surface area contributed by atoms with E-state index in [-0.39, 0.29) is 5.91 Å². The highest BCUT2D eigenvalue weighted by Gasteiger charge is 2.11. The lowest BCUT2D eigenvalue weighted by molar-refractivity contribution is 0.0951. The van der Waals surface area contributed by atoms with Crippen molar-refractivity contribution in [2.45, 2.75) is 20.3 Å². The first kappa shape index (κ1) is 13.1. The van der Waals surface area contributed by atoms with Gasteiger partial charge in [0.1, 0.15) is 5.75 Å². The smallest absolute Gasteiger partial charge is 0.255 e. The molecule has 1 rings (SSSR count). The van der Waals surface area contributed by atoms with Crippen LogP contribution in [0.25, 0.3) is 0 Å². The lowest BCUT2D eigenvalue weighted by Gasteiger charge is -2.09. The highest BCUT2D eigenvalue weighted by molar-refractivity contribution is 5.97. The quantitative estimate of drug-likeness (QED) is 0.637. The molecule has 0 aliphatic carbocycles. The summed E-state index contributed by atoms with van der Waals surface area (Å²) in [6, 6.07) is 5.54. The van der Waals surface area contributed by atoms with E-state index in [4.69, 9.17) is 4.74 Å². The first-order valence-electron chi connectivity index (χ1n) is 5.51. The van der Waals surface area contributed by atoms with Crippen molar-refractivity contribution in [3.63, 3.8) is 0 Å². The Hall–Kier alpha value is -1.95. The molecule has 0 aromatic heterocycles. The van der Waals surface area contributed by atoms with E-state index in [2.05, 4.69) is 17.2 Å². The van der Waals surface area contributed by atoms with Gasteiger partial charge in [0.15, 0.2) is 0 Å². The third-order valence-corrected chi connectivity index (χ3v) is 2.31. The average Bonchev–Trinajstić information content (AvgIpc) is 2.34. The number of ether oxygens (including phenoxy) is 1.